The van der Waals surface area contributed by atoms with Crippen molar-refractivity contribution in [3.63, 3.8) is 0 Å². The van der Waals surface area contributed by atoms with E-state index in [1.807, 2.05) is 6.07 Å². The van der Waals surface area contributed by atoms with E-state index in [-0.39, 0.29) is 35.7 Å². The van der Waals surface area contributed by atoms with Crippen LogP contribution in [0.5, 0.6) is 0 Å². The van der Waals surface area contributed by atoms with E-state index < -0.39 is 20.0 Å². The van der Waals surface area contributed by atoms with Gasteiger partial charge in [-0.25, -0.2) is 0 Å². The third-order valence-corrected chi connectivity index (χ3v) is 12.8. The SMILES string of the molecule is CC[C@]12C[C@@H](C)c3occc3[C@@]1(OCC(O)CO)CC=C2[C@@H](C)O[Si](C)(C)C(C)(C)C. The van der Waals surface area contributed by atoms with E-state index in [9.17, 15) is 10.2 Å². The molecular formula is C25H42O5Si. The predicted molar refractivity (Wildman–Crippen MR) is 126 cm³/mol. The fraction of sp³-hybridized carbons (Fsp3) is 0.760. The highest BCUT2D eigenvalue weighted by Crippen LogP contribution is 2.66. The van der Waals surface area contributed by atoms with E-state index in [2.05, 4.69) is 60.7 Å². The zero-order valence-corrected chi connectivity index (χ0v) is 21.6. The Morgan fingerprint density at radius 1 is 1.32 bits per heavy atom. The Kier molecular flexibility index (Phi) is 6.74. The van der Waals surface area contributed by atoms with Crippen LogP contribution in [0, 0.1) is 5.41 Å². The van der Waals surface area contributed by atoms with Crippen molar-refractivity contribution in [3.8, 4) is 0 Å². The molecule has 2 N–H and O–H groups in total. The van der Waals surface area contributed by atoms with Gasteiger partial charge in [-0.2, -0.15) is 0 Å². The molecule has 1 aromatic heterocycles. The van der Waals surface area contributed by atoms with Crippen molar-refractivity contribution in [2.24, 2.45) is 5.41 Å². The average molecular weight is 451 g/mol. The van der Waals surface area contributed by atoms with Gasteiger partial charge in [0.1, 0.15) is 17.5 Å². The molecule has 0 radical (unpaired) electrons. The third kappa shape index (κ3) is 3.88. The number of hydrogen-bond acceptors (Lipinski definition) is 5. The lowest BCUT2D eigenvalue weighted by Gasteiger charge is -2.53. The summed E-state index contributed by atoms with van der Waals surface area (Å²) in [6.45, 7) is 17.9. The number of fused-ring (bicyclic) bond motifs is 3. The lowest BCUT2D eigenvalue weighted by molar-refractivity contribution is -0.158. The molecule has 31 heavy (non-hydrogen) atoms. The zero-order chi connectivity index (χ0) is 23.2. The second kappa shape index (κ2) is 8.45. The summed E-state index contributed by atoms with van der Waals surface area (Å²) in [5.41, 5.74) is 1.56. The van der Waals surface area contributed by atoms with Crippen LogP contribution >= 0.6 is 0 Å². The fourth-order valence-electron chi connectivity index (χ4n) is 5.62. The molecule has 0 bridgehead atoms. The number of ether oxygens (including phenoxy) is 1. The van der Waals surface area contributed by atoms with Crippen LogP contribution in [-0.4, -0.2) is 44.0 Å². The van der Waals surface area contributed by atoms with E-state index in [1.165, 1.54) is 5.57 Å². The highest BCUT2D eigenvalue weighted by molar-refractivity contribution is 6.74. The highest BCUT2D eigenvalue weighted by Gasteiger charge is 2.63. The first-order valence-corrected chi connectivity index (χ1v) is 14.6. The highest BCUT2D eigenvalue weighted by atomic mass is 28.4. The third-order valence-electron chi connectivity index (χ3n) is 8.22. The monoisotopic (exact) mass is 450 g/mol. The average Bonchev–Trinajstić information content (AvgIpc) is 3.29. The maximum absolute atomic E-state index is 10.1. The van der Waals surface area contributed by atoms with Gasteiger partial charge in [0.15, 0.2) is 8.32 Å². The summed E-state index contributed by atoms with van der Waals surface area (Å²) in [6, 6.07) is 2.04. The number of furan rings is 1. The Bertz CT molecular complexity index is 807. The van der Waals surface area contributed by atoms with Crippen LogP contribution in [0.1, 0.15) is 78.0 Å². The molecule has 0 amide bonds. The first-order valence-electron chi connectivity index (χ1n) is 11.7. The second-order valence-electron chi connectivity index (χ2n) is 11.1. The minimum absolute atomic E-state index is 0.00488. The minimum Gasteiger partial charge on any atom is -0.469 e. The van der Waals surface area contributed by atoms with E-state index in [4.69, 9.17) is 13.6 Å². The summed E-state index contributed by atoms with van der Waals surface area (Å²) in [6.07, 6.45) is 5.72. The molecule has 6 heteroatoms. The van der Waals surface area contributed by atoms with Gasteiger partial charge in [0.2, 0.25) is 0 Å². The summed E-state index contributed by atoms with van der Waals surface area (Å²) >= 11 is 0. The van der Waals surface area contributed by atoms with Gasteiger partial charge in [-0.1, -0.05) is 40.7 Å². The molecule has 1 heterocycles. The Balaban J connectivity index is 2.04. The van der Waals surface area contributed by atoms with E-state index in [0.717, 1.165) is 30.6 Å². The maximum Gasteiger partial charge on any atom is 0.192 e. The van der Waals surface area contributed by atoms with Crippen LogP contribution in [0.4, 0.5) is 0 Å². The van der Waals surface area contributed by atoms with Crippen LogP contribution in [0.3, 0.4) is 0 Å². The van der Waals surface area contributed by atoms with Crippen LogP contribution in [-0.2, 0) is 14.8 Å². The number of aliphatic hydroxyl groups excluding tert-OH is 2. The van der Waals surface area contributed by atoms with E-state index in [1.54, 1.807) is 6.26 Å². The van der Waals surface area contributed by atoms with Crippen molar-refractivity contribution in [2.75, 3.05) is 13.2 Å². The fourth-order valence-corrected chi connectivity index (χ4v) is 6.98. The molecule has 0 aromatic carbocycles. The molecule has 1 unspecified atom stereocenters. The van der Waals surface area contributed by atoms with Gasteiger partial charge in [0, 0.05) is 16.9 Å². The van der Waals surface area contributed by atoms with Gasteiger partial charge in [-0.3, -0.25) is 0 Å². The summed E-state index contributed by atoms with van der Waals surface area (Å²) in [7, 11) is -1.95. The number of rotatable bonds is 8. The molecular weight excluding hydrogens is 408 g/mol. The van der Waals surface area contributed by atoms with Gasteiger partial charge < -0.3 is 23.8 Å². The zero-order valence-electron chi connectivity index (χ0n) is 20.6. The van der Waals surface area contributed by atoms with Crippen LogP contribution < -0.4 is 0 Å². The molecule has 0 saturated heterocycles. The largest absolute Gasteiger partial charge is 0.469 e. The first kappa shape index (κ1) is 24.7. The summed E-state index contributed by atoms with van der Waals surface area (Å²) < 4.78 is 19.4. The van der Waals surface area contributed by atoms with Gasteiger partial charge in [0.25, 0.3) is 0 Å². The van der Waals surface area contributed by atoms with Gasteiger partial charge >= 0.3 is 0 Å². The molecule has 2 aliphatic rings. The van der Waals surface area contributed by atoms with E-state index >= 15 is 0 Å². The molecule has 0 fully saturated rings. The van der Waals surface area contributed by atoms with Crippen LogP contribution in [0.25, 0.3) is 0 Å². The predicted octanol–water partition coefficient (Wildman–Crippen LogP) is 5.49. The maximum atomic E-state index is 10.1. The quantitative estimate of drug-likeness (QED) is 0.405. The molecule has 176 valence electrons. The smallest absolute Gasteiger partial charge is 0.192 e. The molecule has 0 aliphatic heterocycles. The van der Waals surface area contributed by atoms with Crippen molar-refractivity contribution in [1.82, 2.24) is 0 Å². The van der Waals surface area contributed by atoms with Crippen molar-refractivity contribution in [3.05, 3.63) is 35.3 Å². The van der Waals surface area contributed by atoms with Gasteiger partial charge in [-0.15, -0.1) is 0 Å². The summed E-state index contributed by atoms with van der Waals surface area (Å²) in [5.74, 6) is 1.25. The molecule has 3 rings (SSSR count). The Morgan fingerprint density at radius 3 is 2.58 bits per heavy atom. The van der Waals surface area contributed by atoms with Crippen molar-refractivity contribution < 1.29 is 23.8 Å². The molecule has 5 nitrogen and oxygen atoms in total. The molecule has 1 aromatic rings. The Morgan fingerprint density at radius 2 is 2.00 bits per heavy atom. The lowest BCUT2D eigenvalue weighted by atomic mass is 9.57. The van der Waals surface area contributed by atoms with E-state index in [0.29, 0.717) is 0 Å². The van der Waals surface area contributed by atoms with Gasteiger partial charge in [0.05, 0.1) is 25.6 Å². The molecule has 0 saturated carbocycles. The summed E-state index contributed by atoms with van der Waals surface area (Å²) in [4.78, 5) is 0. The second-order valence-corrected chi connectivity index (χ2v) is 15.9. The standard InChI is InChI=1S/C25H42O5Si/c1-9-24-14-17(2)22-21(11-13-28-22)25(24,29-16-19(27)15-26)12-10-20(24)18(3)30-31(7,8)23(4,5)6/h10-11,13,17-19,26-27H,9,12,14-16H2,1-8H3/t17-,18-,19?,24-,25+/m1/s1. The number of hydrogen-bond donors (Lipinski definition) is 2. The first-order chi connectivity index (χ1) is 14.3. The van der Waals surface area contributed by atoms with Crippen LogP contribution in [0.15, 0.2) is 28.4 Å². The molecule has 5 atom stereocenters. The summed E-state index contributed by atoms with van der Waals surface area (Å²) in [5, 5.41) is 19.6. The van der Waals surface area contributed by atoms with Crippen molar-refractivity contribution >= 4 is 8.32 Å². The lowest BCUT2D eigenvalue weighted by Crippen LogP contribution is -2.53. The normalized spacial score (nSPS) is 30.5. The van der Waals surface area contributed by atoms with Gasteiger partial charge in [-0.05, 0) is 56.0 Å². The van der Waals surface area contributed by atoms with Crippen molar-refractivity contribution in [2.45, 2.75) is 103 Å². The van der Waals surface area contributed by atoms with Crippen molar-refractivity contribution in [1.29, 1.82) is 0 Å². The topological polar surface area (TPSA) is 72.1 Å². The van der Waals surface area contributed by atoms with Crippen LogP contribution in [0.2, 0.25) is 18.1 Å². The minimum atomic E-state index is -1.95. The number of aliphatic hydroxyl groups is 2. The molecule has 0 spiro atoms. The Labute approximate surface area is 189 Å². The Hall–Kier alpha value is -0.923. The molecule has 2 aliphatic carbocycles.